The van der Waals surface area contributed by atoms with Crippen LogP contribution in [0.4, 0.5) is 4.39 Å². The Hall–Kier alpha value is -1.42. The summed E-state index contributed by atoms with van der Waals surface area (Å²) in [5, 5.41) is 0. The Kier molecular flexibility index (Phi) is 5.48. The van der Waals surface area contributed by atoms with Gasteiger partial charge in [-0.15, -0.1) is 0 Å². The van der Waals surface area contributed by atoms with Gasteiger partial charge in [-0.05, 0) is 30.5 Å². The number of ether oxygens (including phenoxy) is 1. The molecule has 1 aromatic rings. The van der Waals surface area contributed by atoms with Gasteiger partial charge in [-0.1, -0.05) is 32.9 Å². The molecule has 1 aromatic carbocycles. The monoisotopic (exact) mass is 267 g/mol. The average molecular weight is 267 g/mol. The van der Waals surface area contributed by atoms with Crippen LogP contribution in [0, 0.1) is 11.7 Å². The molecule has 0 spiro atoms. The SMILES string of the molecule is CC(C)[C@H](N)C(=O)O[C@H](C)[C@H](C)c1ccc(F)cc1. The van der Waals surface area contributed by atoms with Gasteiger partial charge < -0.3 is 10.5 Å². The molecule has 19 heavy (non-hydrogen) atoms. The van der Waals surface area contributed by atoms with Gasteiger partial charge in [0.2, 0.25) is 0 Å². The molecule has 0 aromatic heterocycles. The maximum Gasteiger partial charge on any atom is 0.323 e. The number of nitrogens with two attached hydrogens (primary N) is 1. The lowest BCUT2D eigenvalue weighted by atomic mass is 9.96. The van der Waals surface area contributed by atoms with Crippen LogP contribution < -0.4 is 5.73 Å². The summed E-state index contributed by atoms with van der Waals surface area (Å²) in [6, 6.07) is 5.60. The van der Waals surface area contributed by atoms with Crippen LogP contribution >= 0.6 is 0 Å². The molecule has 0 aliphatic heterocycles. The van der Waals surface area contributed by atoms with Crippen LogP contribution in [0.15, 0.2) is 24.3 Å². The van der Waals surface area contributed by atoms with Gasteiger partial charge in [0.15, 0.2) is 0 Å². The average Bonchev–Trinajstić information content (AvgIpc) is 2.37. The van der Waals surface area contributed by atoms with Crippen molar-refractivity contribution in [3.63, 3.8) is 0 Å². The van der Waals surface area contributed by atoms with Crippen molar-refractivity contribution >= 4 is 5.97 Å². The lowest BCUT2D eigenvalue weighted by molar-refractivity contribution is -0.151. The zero-order valence-electron chi connectivity index (χ0n) is 11.9. The van der Waals surface area contributed by atoms with E-state index >= 15 is 0 Å². The van der Waals surface area contributed by atoms with Gasteiger partial charge in [-0.3, -0.25) is 4.79 Å². The Balaban J connectivity index is 2.65. The molecule has 0 aliphatic carbocycles. The number of benzene rings is 1. The summed E-state index contributed by atoms with van der Waals surface area (Å²) >= 11 is 0. The molecule has 0 unspecified atom stereocenters. The van der Waals surface area contributed by atoms with Crippen molar-refractivity contribution in [2.75, 3.05) is 0 Å². The number of halogens is 1. The van der Waals surface area contributed by atoms with E-state index in [0.717, 1.165) is 5.56 Å². The molecule has 0 fully saturated rings. The third-order valence-electron chi connectivity index (χ3n) is 3.39. The number of hydrogen-bond donors (Lipinski definition) is 1. The molecule has 3 atom stereocenters. The van der Waals surface area contributed by atoms with Crippen molar-refractivity contribution in [1.29, 1.82) is 0 Å². The number of esters is 1. The molecule has 4 heteroatoms. The molecule has 0 aliphatic rings. The summed E-state index contributed by atoms with van der Waals surface area (Å²) in [5.41, 5.74) is 6.67. The summed E-state index contributed by atoms with van der Waals surface area (Å²) in [5.74, 6) is -0.636. The first-order chi connectivity index (χ1) is 8.82. The van der Waals surface area contributed by atoms with E-state index in [4.69, 9.17) is 10.5 Å². The second kappa shape index (κ2) is 6.66. The maximum absolute atomic E-state index is 12.9. The minimum atomic E-state index is -0.608. The summed E-state index contributed by atoms with van der Waals surface area (Å²) in [7, 11) is 0. The fourth-order valence-electron chi connectivity index (χ4n) is 1.67. The van der Waals surface area contributed by atoms with E-state index in [1.165, 1.54) is 12.1 Å². The largest absolute Gasteiger partial charge is 0.461 e. The number of carbonyl (C=O) groups is 1. The van der Waals surface area contributed by atoms with Crippen molar-refractivity contribution in [1.82, 2.24) is 0 Å². The topological polar surface area (TPSA) is 52.3 Å². The smallest absolute Gasteiger partial charge is 0.323 e. The van der Waals surface area contributed by atoms with Crippen LogP contribution in [-0.2, 0) is 9.53 Å². The molecule has 0 radical (unpaired) electrons. The van der Waals surface area contributed by atoms with Gasteiger partial charge in [0.25, 0.3) is 0 Å². The van der Waals surface area contributed by atoms with E-state index in [1.54, 1.807) is 12.1 Å². The third kappa shape index (κ3) is 4.31. The van der Waals surface area contributed by atoms with E-state index in [0.29, 0.717) is 0 Å². The molecular formula is C15H22FNO2. The van der Waals surface area contributed by atoms with Crippen molar-refractivity contribution in [3.05, 3.63) is 35.6 Å². The molecule has 0 amide bonds. The minimum absolute atomic E-state index is 0.0103. The van der Waals surface area contributed by atoms with E-state index < -0.39 is 12.0 Å². The summed E-state index contributed by atoms with van der Waals surface area (Å²) in [6.07, 6.45) is -0.303. The van der Waals surface area contributed by atoms with Crippen molar-refractivity contribution < 1.29 is 13.9 Å². The first-order valence-corrected chi connectivity index (χ1v) is 6.54. The number of rotatable bonds is 5. The van der Waals surface area contributed by atoms with Gasteiger partial charge in [-0.25, -0.2) is 4.39 Å². The molecular weight excluding hydrogens is 245 g/mol. The Morgan fingerprint density at radius 1 is 1.16 bits per heavy atom. The molecule has 1 rings (SSSR count). The Morgan fingerprint density at radius 2 is 1.68 bits per heavy atom. The number of hydrogen-bond acceptors (Lipinski definition) is 3. The molecule has 3 nitrogen and oxygen atoms in total. The summed E-state index contributed by atoms with van der Waals surface area (Å²) in [4.78, 5) is 11.8. The lowest BCUT2D eigenvalue weighted by Gasteiger charge is -2.23. The van der Waals surface area contributed by atoms with Gasteiger partial charge >= 0.3 is 5.97 Å². The second-order valence-electron chi connectivity index (χ2n) is 5.25. The van der Waals surface area contributed by atoms with E-state index in [2.05, 4.69) is 0 Å². The van der Waals surface area contributed by atoms with Crippen LogP contribution in [-0.4, -0.2) is 18.1 Å². The van der Waals surface area contributed by atoms with Gasteiger partial charge in [0, 0.05) is 5.92 Å². The first-order valence-electron chi connectivity index (χ1n) is 6.54. The van der Waals surface area contributed by atoms with Crippen molar-refractivity contribution in [2.45, 2.75) is 45.8 Å². The van der Waals surface area contributed by atoms with Crippen molar-refractivity contribution in [3.8, 4) is 0 Å². The van der Waals surface area contributed by atoms with Crippen LogP contribution in [0.1, 0.15) is 39.2 Å². The number of carbonyl (C=O) groups excluding carboxylic acids is 1. The fourth-order valence-corrected chi connectivity index (χ4v) is 1.67. The Bertz CT molecular complexity index is 417. The highest BCUT2D eigenvalue weighted by molar-refractivity contribution is 5.76. The zero-order chi connectivity index (χ0) is 14.6. The van der Waals surface area contributed by atoms with E-state index in [1.807, 2.05) is 27.7 Å². The normalized spacial score (nSPS) is 15.9. The van der Waals surface area contributed by atoms with E-state index in [-0.39, 0.29) is 23.8 Å². The fraction of sp³-hybridized carbons (Fsp3) is 0.533. The van der Waals surface area contributed by atoms with Crippen LogP contribution in [0.3, 0.4) is 0 Å². The molecule has 2 N–H and O–H groups in total. The van der Waals surface area contributed by atoms with E-state index in [9.17, 15) is 9.18 Å². The standard InChI is InChI=1S/C15H22FNO2/c1-9(2)14(17)15(18)19-11(4)10(3)12-5-7-13(16)8-6-12/h5-11,14H,17H2,1-4H3/t10-,11+,14-/m0/s1. The summed E-state index contributed by atoms with van der Waals surface area (Å²) in [6.45, 7) is 7.51. The highest BCUT2D eigenvalue weighted by Gasteiger charge is 2.24. The molecule has 0 bridgehead atoms. The molecule has 0 saturated heterocycles. The van der Waals surface area contributed by atoms with Gasteiger partial charge in [0.1, 0.15) is 18.0 Å². The molecule has 106 valence electrons. The highest BCUT2D eigenvalue weighted by Crippen LogP contribution is 2.22. The third-order valence-corrected chi connectivity index (χ3v) is 3.39. The van der Waals surface area contributed by atoms with Gasteiger partial charge in [0.05, 0.1) is 0 Å². The second-order valence-corrected chi connectivity index (χ2v) is 5.25. The quantitative estimate of drug-likeness (QED) is 0.835. The van der Waals surface area contributed by atoms with Crippen LogP contribution in [0.5, 0.6) is 0 Å². The highest BCUT2D eigenvalue weighted by atomic mass is 19.1. The van der Waals surface area contributed by atoms with Crippen LogP contribution in [0.25, 0.3) is 0 Å². The maximum atomic E-state index is 12.9. The lowest BCUT2D eigenvalue weighted by Crippen LogP contribution is -2.39. The van der Waals surface area contributed by atoms with Gasteiger partial charge in [-0.2, -0.15) is 0 Å². The minimum Gasteiger partial charge on any atom is -0.461 e. The first kappa shape index (κ1) is 15.6. The Morgan fingerprint density at radius 3 is 2.16 bits per heavy atom. The molecule has 0 saturated carbocycles. The Labute approximate surface area is 113 Å². The predicted octanol–water partition coefficient (Wildman–Crippen LogP) is 2.84. The zero-order valence-corrected chi connectivity index (χ0v) is 11.9. The van der Waals surface area contributed by atoms with Crippen LogP contribution in [0.2, 0.25) is 0 Å². The van der Waals surface area contributed by atoms with Crippen molar-refractivity contribution in [2.24, 2.45) is 11.7 Å². The summed E-state index contributed by atoms with van der Waals surface area (Å²) < 4.78 is 18.2. The predicted molar refractivity (Wildman–Crippen MR) is 73.2 cm³/mol. The molecule has 0 heterocycles.